The first-order valence-electron chi connectivity index (χ1n) is 6.79. The molecule has 0 spiro atoms. The van der Waals surface area contributed by atoms with Crippen molar-refractivity contribution in [2.45, 2.75) is 32.0 Å². The first-order chi connectivity index (χ1) is 9.24. The summed E-state index contributed by atoms with van der Waals surface area (Å²) in [6.07, 6.45) is 0.434. The van der Waals surface area contributed by atoms with E-state index in [1.807, 2.05) is 12.1 Å². The third-order valence-corrected chi connectivity index (χ3v) is 3.81. The summed E-state index contributed by atoms with van der Waals surface area (Å²) in [5.74, 6) is 0. The third-order valence-electron chi connectivity index (χ3n) is 3.81. The molecule has 98 valence electrons. The zero-order valence-electron chi connectivity index (χ0n) is 11.1. The fraction of sp³-hybridized carbons (Fsp3) is 0.294. The lowest BCUT2D eigenvalue weighted by Gasteiger charge is -2.18. The molecule has 0 saturated heterocycles. The molecule has 0 radical (unpaired) electrons. The smallest absolute Gasteiger partial charge is 0.0775 e. The molecular weight excluding hydrogens is 234 g/mol. The van der Waals surface area contributed by atoms with Crippen LogP contribution >= 0.6 is 0 Å². The van der Waals surface area contributed by atoms with Gasteiger partial charge in [-0.2, -0.15) is 0 Å². The number of benzene rings is 2. The topological polar surface area (TPSA) is 32.3 Å². The van der Waals surface area contributed by atoms with Gasteiger partial charge in [-0.25, -0.2) is 0 Å². The Hall–Kier alpha value is -1.64. The molecule has 0 bridgehead atoms. The van der Waals surface area contributed by atoms with Crippen LogP contribution < -0.4 is 5.32 Å². The van der Waals surface area contributed by atoms with E-state index in [-0.39, 0.29) is 12.1 Å². The van der Waals surface area contributed by atoms with Crippen LogP contribution in [-0.2, 0) is 13.0 Å². The number of nitrogens with one attached hydrogen (secondary N) is 1. The van der Waals surface area contributed by atoms with Gasteiger partial charge in [-0.1, -0.05) is 54.1 Å². The Kier molecular flexibility index (Phi) is 3.36. The molecule has 3 rings (SSSR count). The summed E-state index contributed by atoms with van der Waals surface area (Å²) in [6.45, 7) is 2.89. The molecule has 0 fully saturated rings. The summed E-state index contributed by atoms with van der Waals surface area (Å²) in [5, 5.41) is 13.7. The minimum atomic E-state index is -0.317. The number of aliphatic hydroxyl groups is 1. The molecule has 0 unspecified atom stereocenters. The van der Waals surface area contributed by atoms with Crippen molar-refractivity contribution >= 4 is 0 Å². The molecule has 19 heavy (non-hydrogen) atoms. The molecule has 0 saturated carbocycles. The Bertz CT molecular complexity index is 579. The zero-order chi connectivity index (χ0) is 13.2. The van der Waals surface area contributed by atoms with Crippen LogP contribution in [0.2, 0.25) is 0 Å². The second kappa shape index (κ2) is 5.16. The largest absolute Gasteiger partial charge is 0.391 e. The van der Waals surface area contributed by atoms with Gasteiger partial charge in [0.15, 0.2) is 0 Å². The van der Waals surface area contributed by atoms with Crippen molar-refractivity contribution < 1.29 is 5.11 Å². The maximum Gasteiger partial charge on any atom is 0.0775 e. The van der Waals surface area contributed by atoms with E-state index in [9.17, 15) is 5.11 Å². The monoisotopic (exact) mass is 253 g/mol. The predicted octanol–water partition coefficient (Wildman–Crippen LogP) is 2.74. The maximum absolute atomic E-state index is 10.2. The van der Waals surface area contributed by atoms with Crippen molar-refractivity contribution in [2.24, 2.45) is 0 Å². The highest BCUT2D eigenvalue weighted by atomic mass is 16.3. The van der Waals surface area contributed by atoms with Gasteiger partial charge >= 0.3 is 0 Å². The van der Waals surface area contributed by atoms with Crippen LogP contribution in [0.3, 0.4) is 0 Å². The van der Waals surface area contributed by atoms with Gasteiger partial charge in [0.05, 0.1) is 12.1 Å². The molecule has 1 aliphatic rings. The van der Waals surface area contributed by atoms with Gasteiger partial charge in [0.1, 0.15) is 0 Å². The van der Waals surface area contributed by atoms with Crippen molar-refractivity contribution in [3.8, 4) is 0 Å². The van der Waals surface area contributed by atoms with E-state index in [0.717, 1.165) is 13.0 Å². The number of aryl methyl sites for hydroxylation is 1. The second-order valence-electron chi connectivity index (χ2n) is 5.32. The fourth-order valence-electron chi connectivity index (χ4n) is 2.87. The summed E-state index contributed by atoms with van der Waals surface area (Å²) < 4.78 is 0. The standard InChI is InChI=1S/C17H19NO/c1-12-5-4-6-13(9-12)11-18-17-15-8-3-2-7-14(15)10-16(17)19/h2-9,16-19H,10-11H2,1H3/t16-,17+/m1/s1. The molecule has 0 aliphatic heterocycles. The first-order valence-corrected chi connectivity index (χ1v) is 6.79. The van der Waals surface area contributed by atoms with Gasteiger partial charge < -0.3 is 10.4 Å². The van der Waals surface area contributed by atoms with Crippen LogP contribution in [0.4, 0.5) is 0 Å². The lowest BCUT2D eigenvalue weighted by molar-refractivity contribution is 0.140. The van der Waals surface area contributed by atoms with Crippen LogP contribution in [0.15, 0.2) is 48.5 Å². The highest BCUT2D eigenvalue weighted by molar-refractivity contribution is 5.36. The second-order valence-corrected chi connectivity index (χ2v) is 5.32. The average molecular weight is 253 g/mol. The van der Waals surface area contributed by atoms with Gasteiger partial charge in [-0.15, -0.1) is 0 Å². The van der Waals surface area contributed by atoms with Crippen LogP contribution in [0.5, 0.6) is 0 Å². The van der Waals surface area contributed by atoms with Crippen molar-refractivity contribution in [2.75, 3.05) is 0 Å². The minimum Gasteiger partial charge on any atom is -0.391 e. The first kappa shape index (κ1) is 12.4. The van der Waals surface area contributed by atoms with Crippen LogP contribution in [0, 0.1) is 6.92 Å². The quantitative estimate of drug-likeness (QED) is 0.881. The number of rotatable bonds is 3. The van der Waals surface area contributed by atoms with E-state index >= 15 is 0 Å². The summed E-state index contributed by atoms with van der Waals surface area (Å²) >= 11 is 0. The lowest BCUT2D eigenvalue weighted by atomic mass is 10.1. The molecule has 0 heterocycles. The summed E-state index contributed by atoms with van der Waals surface area (Å²) in [4.78, 5) is 0. The SMILES string of the molecule is Cc1cccc(CN[C@H]2c3ccccc3C[C@H]2O)c1. The van der Waals surface area contributed by atoms with Crippen molar-refractivity contribution in [3.63, 3.8) is 0 Å². The van der Waals surface area contributed by atoms with Crippen molar-refractivity contribution in [1.29, 1.82) is 0 Å². The molecule has 2 N–H and O–H groups in total. The Morgan fingerprint density at radius 2 is 2.00 bits per heavy atom. The van der Waals surface area contributed by atoms with E-state index in [2.05, 4.69) is 48.6 Å². The van der Waals surface area contributed by atoms with Gasteiger partial charge in [-0.05, 0) is 23.6 Å². The van der Waals surface area contributed by atoms with Crippen LogP contribution in [0.25, 0.3) is 0 Å². The number of fused-ring (bicyclic) bond motifs is 1. The molecule has 2 aromatic carbocycles. The van der Waals surface area contributed by atoms with Crippen molar-refractivity contribution in [3.05, 3.63) is 70.8 Å². The molecule has 1 aliphatic carbocycles. The van der Waals surface area contributed by atoms with Gasteiger partial charge in [0.25, 0.3) is 0 Å². The van der Waals surface area contributed by atoms with E-state index in [1.54, 1.807) is 0 Å². The highest BCUT2D eigenvalue weighted by Gasteiger charge is 2.29. The summed E-state index contributed by atoms with van der Waals surface area (Å²) in [7, 11) is 0. The fourth-order valence-corrected chi connectivity index (χ4v) is 2.87. The van der Waals surface area contributed by atoms with Crippen molar-refractivity contribution in [1.82, 2.24) is 5.32 Å². The van der Waals surface area contributed by atoms with Gasteiger partial charge in [0.2, 0.25) is 0 Å². The molecule has 0 aromatic heterocycles. The minimum absolute atomic E-state index is 0.0525. The third kappa shape index (κ3) is 2.55. The normalized spacial score (nSPS) is 21.4. The maximum atomic E-state index is 10.2. The van der Waals surface area contributed by atoms with Crippen LogP contribution in [0.1, 0.15) is 28.3 Å². The molecule has 0 amide bonds. The van der Waals surface area contributed by atoms with E-state index in [1.165, 1.54) is 22.3 Å². The number of hydrogen-bond acceptors (Lipinski definition) is 2. The Morgan fingerprint density at radius 3 is 2.84 bits per heavy atom. The highest BCUT2D eigenvalue weighted by Crippen LogP contribution is 2.31. The molecule has 2 aromatic rings. The molecule has 2 nitrogen and oxygen atoms in total. The Morgan fingerprint density at radius 1 is 1.16 bits per heavy atom. The van der Waals surface area contributed by atoms with Gasteiger partial charge in [-0.3, -0.25) is 0 Å². The average Bonchev–Trinajstić information content (AvgIpc) is 2.72. The van der Waals surface area contributed by atoms with Crippen LogP contribution in [-0.4, -0.2) is 11.2 Å². The van der Waals surface area contributed by atoms with Gasteiger partial charge in [0, 0.05) is 13.0 Å². The van der Waals surface area contributed by atoms with E-state index in [4.69, 9.17) is 0 Å². The predicted molar refractivity (Wildman–Crippen MR) is 76.9 cm³/mol. The summed E-state index contributed by atoms with van der Waals surface area (Å²) in [5.41, 5.74) is 5.03. The number of aliphatic hydroxyl groups excluding tert-OH is 1. The molecule has 2 atom stereocenters. The molecule has 2 heteroatoms. The lowest BCUT2D eigenvalue weighted by Crippen LogP contribution is -2.28. The molecular formula is C17H19NO. The van der Waals surface area contributed by atoms with E-state index < -0.39 is 0 Å². The zero-order valence-corrected chi connectivity index (χ0v) is 11.1. The Labute approximate surface area is 114 Å². The summed E-state index contributed by atoms with van der Waals surface area (Å²) in [6, 6.07) is 16.8. The van der Waals surface area contributed by atoms with E-state index in [0.29, 0.717) is 0 Å². The number of hydrogen-bond donors (Lipinski definition) is 2. The Balaban J connectivity index is 1.74.